The van der Waals surface area contributed by atoms with Crippen LogP contribution in [0.3, 0.4) is 0 Å². The molecule has 1 aromatic carbocycles. The molecule has 1 aromatic heterocycles. The number of nitrogens with zero attached hydrogens (tertiary/aromatic N) is 2. The molecule has 1 saturated heterocycles. The maximum Gasteiger partial charge on any atom is 0.410 e. The molecule has 194 valence electrons. The van der Waals surface area contributed by atoms with Crippen molar-refractivity contribution in [1.29, 1.82) is 0 Å². The van der Waals surface area contributed by atoms with Crippen molar-refractivity contribution >= 4 is 23.8 Å². The molecule has 1 aliphatic heterocycles. The van der Waals surface area contributed by atoms with Crippen LogP contribution < -0.4 is 10.6 Å². The Morgan fingerprint density at radius 3 is 2.56 bits per heavy atom. The van der Waals surface area contributed by atoms with E-state index in [9.17, 15) is 14.4 Å². The quantitative estimate of drug-likeness (QED) is 0.407. The average molecular weight is 499 g/mol. The summed E-state index contributed by atoms with van der Waals surface area (Å²) in [5.41, 5.74) is 0.888. The first-order valence-electron chi connectivity index (χ1n) is 12.1. The lowest BCUT2D eigenvalue weighted by molar-refractivity contribution is -0.138. The Balaban J connectivity index is 1.57. The monoisotopic (exact) mass is 498 g/mol. The van der Waals surface area contributed by atoms with Crippen molar-refractivity contribution in [2.45, 2.75) is 51.5 Å². The van der Waals surface area contributed by atoms with E-state index in [1.54, 1.807) is 11.1 Å². The van der Waals surface area contributed by atoms with Gasteiger partial charge in [-0.15, -0.1) is 0 Å². The number of carbonyl (C=O) groups excluding carboxylic acids is 2. The summed E-state index contributed by atoms with van der Waals surface area (Å²) in [5.74, 6) is -0.702. The molecule has 2 amide bonds. The Labute approximate surface area is 211 Å². The third-order valence-corrected chi connectivity index (χ3v) is 6.00. The molecule has 3 unspecified atom stereocenters. The molecule has 3 N–H and O–H groups in total. The number of rotatable bonds is 12. The Hall–Kier alpha value is -3.66. The first-order valence-corrected chi connectivity index (χ1v) is 12.1. The van der Waals surface area contributed by atoms with Crippen LogP contribution in [-0.4, -0.2) is 70.8 Å². The number of carboxylic acids is 1. The summed E-state index contributed by atoms with van der Waals surface area (Å²) in [6.45, 7) is 4.36. The van der Waals surface area contributed by atoms with Crippen molar-refractivity contribution in [3.63, 3.8) is 0 Å². The number of nitrogens with one attached hydrogen (secondary N) is 2. The maximum atomic E-state index is 12.9. The fourth-order valence-electron chi connectivity index (χ4n) is 3.99. The zero-order valence-corrected chi connectivity index (χ0v) is 20.6. The van der Waals surface area contributed by atoms with Gasteiger partial charge in [0.1, 0.15) is 19.0 Å². The normalized spacial score (nSPS) is 18.0. The Morgan fingerprint density at radius 2 is 1.89 bits per heavy atom. The zero-order valence-electron chi connectivity index (χ0n) is 20.6. The van der Waals surface area contributed by atoms with Crippen LogP contribution in [0.4, 0.5) is 10.6 Å². The van der Waals surface area contributed by atoms with Gasteiger partial charge in [-0.1, -0.05) is 50.2 Å². The molecule has 3 rings (SSSR count). The van der Waals surface area contributed by atoms with E-state index in [2.05, 4.69) is 15.6 Å². The van der Waals surface area contributed by atoms with E-state index in [0.717, 1.165) is 5.56 Å². The first-order chi connectivity index (χ1) is 17.3. The van der Waals surface area contributed by atoms with Crippen LogP contribution >= 0.6 is 0 Å². The van der Waals surface area contributed by atoms with E-state index in [1.165, 1.54) is 0 Å². The molecule has 0 radical (unpaired) electrons. The fraction of sp³-hybridized carbons (Fsp3) is 0.462. The fourth-order valence-corrected chi connectivity index (χ4v) is 3.99. The minimum Gasteiger partial charge on any atom is -0.481 e. The number of hydrogen-bond donors (Lipinski definition) is 3. The molecule has 3 atom stereocenters. The molecule has 0 spiro atoms. The minimum absolute atomic E-state index is 0.0338. The number of benzene rings is 1. The molecule has 2 aromatic rings. The highest BCUT2D eigenvalue weighted by molar-refractivity contribution is 5.78. The molecule has 1 fully saturated rings. The summed E-state index contributed by atoms with van der Waals surface area (Å²) in [4.78, 5) is 42.3. The lowest BCUT2D eigenvalue weighted by atomic mass is 10.0. The lowest BCUT2D eigenvalue weighted by Gasteiger charge is -2.24. The van der Waals surface area contributed by atoms with Gasteiger partial charge in [0.15, 0.2) is 0 Å². The number of carbonyl (C=O) groups is 3. The van der Waals surface area contributed by atoms with Gasteiger partial charge in [-0.3, -0.25) is 9.59 Å². The number of pyridine rings is 1. The summed E-state index contributed by atoms with van der Waals surface area (Å²) in [5, 5.41) is 15.0. The number of aliphatic carboxylic acids is 1. The SMILES string of the molecule is CC(C)C(CC(=O)O)NC(=O)COC1CC(CNc2ccccn2)N(C(=O)OCc2ccccc2)C1. The largest absolute Gasteiger partial charge is 0.481 e. The standard InChI is InChI=1S/C26H34N4O6/c1-18(2)22(13-25(32)33)29-24(31)17-35-21-12-20(14-28-23-10-6-7-11-27-23)30(15-21)26(34)36-16-19-8-4-3-5-9-19/h3-11,18,20-22H,12-17H2,1-2H3,(H,27,28)(H,29,31)(H,32,33). The van der Waals surface area contributed by atoms with Crippen LogP contribution in [0.1, 0.15) is 32.3 Å². The Morgan fingerprint density at radius 1 is 1.14 bits per heavy atom. The van der Waals surface area contributed by atoms with E-state index in [0.29, 0.717) is 18.8 Å². The Bertz CT molecular complexity index is 988. The third kappa shape index (κ3) is 8.53. The van der Waals surface area contributed by atoms with Crippen molar-refractivity contribution in [3.05, 3.63) is 60.3 Å². The van der Waals surface area contributed by atoms with Gasteiger partial charge in [0, 0.05) is 18.8 Å². The van der Waals surface area contributed by atoms with Crippen LogP contribution in [0.5, 0.6) is 0 Å². The first kappa shape index (κ1) is 26.9. The number of hydrogen-bond acceptors (Lipinski definition) is 7. The zero-order chi connectivity index (χ0) is 25.9. The van der Waals surface area contributed by atoms with E-state index < -0.39 is 18.1 Å². The summed E-state index contributed by atoms with van der Waals surface area (Å²) in [7, 11) is 0. The number of carboxylic acid groups (broad SMARTS) is 1. The van der Waals surface area contributed by atoms with Gasteiger partial charge in [0.05, 0.1) is 25.1 Å². The summed E-state index contributed by atoms with van der Waals surface area (Å²) in [6.07, 6.45) is 1.21. The average Bonchev–Trinajstić information content (AvgIpc) is 3.28. The smallest absolute Gasteiger partial charge is 0.410 e. The van der Waals surface area contributed by atoms with Crippen LogP contribution in [0.2, 0.25) is 0 Å². The van der Waals surface area contributed by atoms with Crippen molar-refractivity contribution in [2.75, 3.05) is 25.0 Å². The van der Waals surface area contributed by atoms with Crippen LogP contribution in [-0.2, 0) is 25.7 Å². The highest BCUT2D eigenvalue weighted by Crippen LogP contribution is 2.22. The van der Waals surface area contributed by atoms with Crippen LogP contribution in [0.15, 0.2) is 54.7 Å². The van der Waals surface area contributed by atoms with Gasteiger partial charge < -0.3 is 30.1 Å². The molecule has 0 aliphatic carbocycles. The second-order valence-electron chi connectivity index (χ2n) is 9.13. The molecule has 1 aliphatic rings. The second-order valence-corrected chi connectivity index (χ2v) is 9.13. The molecule has 0 bridgehead atoms. The van der Waals surface area contributed by atoms with Crippen molar-refractivity contribution in [3.8, 4) is 0 Å². The molecule has 10 heteroatoms. The molecule has 2 heterocycles. The third-order valence-electron chi connectivity index (χ3n) is 6.00. The number of amides is 2. The maximum absolute atomic E-state index is 12.9. The summed E-state index contributed by atoms with van der Waals surface area (Å²) < 4.78 is 11.4. The molecule has 36 heavy (non-hydrogen) atoms. The molecule has 10 nitrogen and oxygen atoms in total. The van der Waals surface area contributed by atoms with Gasteiger partial charge in [0.25, 0.3) is 0 Å². The van der Waals surface area contributed by atoms with Crippen molar-refractivity contribution < 1.29 is 29.0 Å². The molecular formula is C26H34N4O6. The number of likely N-dealkylation sites (tertiary alicyclic amines) is 1. The van der Waals surface area contributed by atoms with E-state index in [-0.39, 0.29) is 50.2 Å². The number of anilines is 1. The highest BCUT2D eigenvalue weighted by atomic mass is 16.6. The highest BCUT2D eigenvalue weighted by Gasteiger charge is 2.37. The van der Waals surface area contributed by atoms with Crippen LogP contribution in [0, 0.1) is 5.92 Å². The molecule has 0 saturated carbocycles. The summed E-state index contributed by atoms with van der Waals surface area (Å²) in [6, 6.07) is 14.3. The van der Waals surface area contributed by atoms with E-state index in [1.807, 2.05) is 62.4 Å². The number of ether oxygens (including phenoxy) is 2. The van der Waals surface area contributed by atoms with Crippen LogP contribution in [0.25, 0.3) is 0 Å². The van der Waals surface area contributed by atoms with Gasteiger partial charge in [-0.2, -0.15) is 0 Å². The molecular weight excluding hydrogens is 464 g/mol. The predicted molar refractivity (Wildman–Crippen MR) is 133 cm³/mol. The van der Waals surface area contributed by atoms with E-state index >= 15 is 0 Å². The summed E-state index contributed by atoms with van der Waals surface area (Å²) >= 11 is 0. The predicted octanol–water partition coefficient (Wildman–Crippen LogP) is 2.91. The minimum atomic E-state index is -0.974. The van der Waals surface area contributed by atoms with Gasteiger partial charge >= 0.3 is 12.1 Å². The van der Waals surface area contributed by atoms with Crippen molar-refractivity contribution in [2.24, 2.45) is 5.92 Å². The van der Waals surface area contributed by atoms with Gasteiger partial charge in [0.2, 0.25) is 5.91 Å². The second kappa shape index (κ2) is 13.4. The van der Waals surface area contributed by atoms with Gasteiger partial charge in [-0.25, -0.2) is 9.78 Å². The lowest BCUT2D eigenvalue weighted by Crippen LogP contribution is -2.42. The van der Waals surface area contributed by atoms with Gasteiger partial charge in [-0.05, 0) is 30.0 Å². The van der Waals surface area contributed by atoms with Crippen molar-refractivity contribution in [1.82, 2.24) is 15.2 Å². The Kier molecular flexibility index (Phi) is 10.1. The number of aromatic nitrogens is 1. The topological polar surface area (TPSA) is 130 Å². The van der Waals surface area contributed by atoms with E-state index in [4.69, 9.17) is 14.6 Å².